The molecule has 0 bridgehead atoms. The number of ether oxygens (including phenoxy) is 2. The van der Waals surface area contributed by atoms with Gasteiger partial charge in [0.25, 0.3) is 0 Å². The van der Waals surface area contributed by atoms with E-state index in [0.29, 0.717) is 0 Å². The van der Waals surface area contributed by atoms with E-state index in [-0.39, 0.29) is 0 Å². The number of hydrogen-bond donors (Lipinski definition) is 1. The van der Waals surface area contributed by atoms with E-state index in [0.717, 1.165) is 27.1 Å². The van der Waals surface area contributed by atoms with Gasteiger partial charge in [-0.05, 0) is 12.1 Å². The average molecular weight is 250 g/mol. The van der Waals surface area contributed by atoms with Gasteiger partial charge in [-0.25, -0.2) is 4.98 Å². The highest BCUT2D eigenvalue weighted by molar-refractivity contribution is 7.18. The summed E-state index contributed by atoms with van der Waals surface area (Å²) in [5, 5.41) is 3.91. The van der Waals surface area contributed by atoms with E-state index in [9.17, 15) is 0 Å². The maximum Gasteiger partial charge on any atom is 0.182 e. The monoisotopic (exact) mass is 250 g/mol. The third kappa shape index (κ3) is 2.50. The summed E-state index contributed by atoms with van der Waals surface area (Å²) in [5.74, 6) is 1.55. The number of methoxy groups -OCH3 is 2. The summed E-state index contributed by atoms with van der Waals surface area (Å²) in [4.78, 5) is 5.32. The highest BCUT2D eigenvalue weighted by Crippen LogP contribution is 2.34. The van der Waals surface area contributed by atoms with E-state index in [1.165, 1.54) is 0 Å². The molecular formula is C12H14N2O2S. The first kappa shape index (κ1) is 11.7. The lowest BCUT2D eigenvalue weighted by atomic mass is 10.2. The Bertz CT molecular complexity index is 489. The first-order valence-corrected chi connectivity index (χ1v) is 5.95. The molecule has 0 amide bonds. The van der Waals surface area contributed by atoms with Crippen LogP contribution in [0.15, 0.2) is 24.4 Å². The molecule has 0 saturated heterocycles. The summed E-state index contributed by atoms with van der Waals surface area (Å²) < 4.78 is 10.5. The van der Waals surface area contributed by atoms with Crippen molar-refractivity contribution in [2.45, 2.75) is 0 Å². The van der Waals surface area contributed by atoms with Crippen LogP contribution in [0.5, 0.6) is 11.5 Å². The highest BCUT2D eigenvalue weighted by atomic mass is 32.1. The molecule has 1 aromatic heterocycles. The van der Waals surface area contributed by atoms with E-state index in [2.05, 4.69) is 10.3 Å². The van der Waals surface area contributed by atoms with Crippen LogP contribution in [0.25, 0.3) is 10.4 Å². The third-order valence-corrected chi connectivity index (χ3v) is 3.42. The van der Waals surface area contributed by atoms with Crippen LogP contribution in [0.2, 0.25) is 0 Å². The Morgan fingerprint density at radius 1 is 1.12 bits per heavy atom. The number of hydrogen-bond acceptors (Lipinski definition) is 5. The van der Waals surface area contributed by atoms with Crippen molar-refractivity contribution in [3.63, 3.8) is 0 Å². The van der Waals surface area contributed by atoms with Crippen LogP contribution < -0.4 is 14.8 Å². The highest BCUT2D eigenvalue weighted by Gasteiger charge is 2.07. The van der Waals surface area contributed by atoms with Gasteiger partial charge >= 0.3 is 0 Å². The molecule has 17 heavy (non-hydrogen) atoms. The summed E-state index contributed by atoms with van der Waals surface area (Å²) in [5.41, 5.74) is 1.04. The fraction of sp³-hybridized carbons (Fsp3) is 0.250. The zero-order valence-electron chi connectivity index (χ0n) is 9.98. The van der Waals surface area contributed by atoms with Gasteiger partial charge in [-0.3, -0.25) is 0 Å². The Morgan fingerprint density at radius 3 is 2.24 bits per heavy atom. The number of anilines is 1. The molecule has 0 aliphatic carbocycles. The topological polar surface area (TPSA) is 43.4 Å². The van der Waals surface area contributed by atoms with E-state index in [4.69, 9.17) is 9.47 Å². The number of aromatic nitrogens is 1. The minimum atomic E-state index is 0.777. The first-order chi connectivity index (χ1) is 8.26. The normalized spacial score (nSPS) is 10.1. The number of benzene rings is 1. The van der Waals surface area contributed by atoms with Crippen LogP contribution in [-0.2, 0) is 0 Å². The quantitative estimate of drug-likeness (QED) is 0.906. The molecule has 0 aliphatic rings. The van der Waals surface area contributed by atoms with E-state index in [1.54, 1.807) is 25.6 Å². The maximum absolute atomic E-state index is 5.24. The number of nitrogens with zero attached hydrogens (tertiary/aromatic N) is 1. The maximum atomic E-state index is 5.24. The van der Waals surface area contributed by atoms with E-state index < -0.39 is 0 Å². The third-order valence-electron chi connectivity index (χ3n) is 2.36. The van der Waals surface area contributed by atoms with Gasteiger partial charge in [0.15, 0.2) is 5.13 Å². The molecule has 0 spiro atoms. The fourth-order valence-corrected chi connectivity index (χ4v) is 2.23. The lowest BCUT2D eigenvalue weighted by molar-refractivity contribution is 0.394. The Balaban J connectivity index is 2.43. The lowest BCUT2D eigenvalue weighted by Gasteiger charge is -2.06. The van der Waals surface area contributed by atoms with Crippen LogP contribution >= 0.6 is 11.3 Å². The molecule has 1 heterocycles. The van der Waals surface area contributed by atoms with Gasteiger partial charge in [-0.1, -0.05) is 11.3 Å². The molecular weight excluding hydrogens is 236 g/mol. The first-order valence-electron chi connectivity index (χ1n) is 5.14. The second kappa shape index (κ2) is 5.05. The van der Waals surface area contributed by atoms with Crippen molar-refractivity contribution < 1.29 is 9.47 Å². The second-order valence-corrected chi connectivity index (χ2v) is 4.41. The van der Waals surface area contributed by atoms with Gasteiger partial charge in [0.1, 0.15) is 11.5 Å². The van der Waals surface area contributed by atoms with E-state index in [1.807, 2.05) is 31.4 Å². The second-order valence-electron chi connectivity index (χ2n) is 3.38. The summed E-state index contributed by atoms with van der Waals surface area (Å²) in [6.07, 6.45) is 1.84. The van der Waals surface area contributed by atoms with Gasteiger partial charge in [-0.15, -0.1) is 0 Å². The Morgan fingerprint density at radius 2 is 1.76 bits per heavy atom. The largest absolute Gasteiger partial charge is 0.497 e. The Hall–Kier alpha value is -1.75. The molecule has 0 fully saturated rings. The van der Waals surface area contributed by atoms with Crippen LogP contribution in [0, 0.1) is 0 Å². The molecule has 0 radical (unpaired) electrons. The summed E-state index contributed by atoms with van der Waals surface area (Å²) in [7, 11) is 5.14. The molecule has 0 unspecified atom stereocenters. The van der Waals surface area contributed by atoms with Gasteiger partial charge in [0.05, 0.1) is 19.1 Å². The van der Waals surface area contributed by atoms with Crippen LogP contribution in [0.4, 0.5) is 5.13 Å². The number of thiazole rings is 1. The molecule has 2 aromatic rings. The Kier molecular flexibility index (Phi) is 3.49. The van der Waals surface area contributed by atoms with Crippen molar-refractivity contribution in [3.05, 3.63) is 24.4 Å². The molecule has 5 heteroatoms. The standard InChI is InChI=1S/C12H14N2O2S/c1-13-12-14-7-11(17-12)8-4-9(15-2)6-10(5-8)16-3/h4-7H,1-3H3,(H,13,14). The number of nitrogens with one attached hydrogen (secondary N) is 1. The molecule has 1 aromatic carbocycles. The fourth-order valence-electron chi connectivity index (χ4n) is 1.47. The smallest absolute Gasteiger partial charge is 0.182 e. The minimum Gasteiger partial charge on any atom is -0.497 e. The lowest BCUT2D eigenvalue weighted by Crippen LogP contribution is -1.87. The number of rotatable bonds is 4. The molecule has 90 valence electrons. The SMILES string of the molecule is CNc1ncc(-c2cc(OC)cc(OC)c2)s1. The van der Waals surface area contributed by atoms with Gasteiger partial charge in [0, 0.05) is 24.9 Å². The van der Waals surface area contributed by atoms with Crippen molar-refractivity contribution in [1.29, 1.82) is 0 Å². The van der Waals surface area contributed by atoms with Crippen molar-refractivity contribution >= 4 is 16.5 Å². The molecule has 4 nitrogen and oxygen atoms in total. The van der Waals surface area contributed by atoms with Crippen molar-refractivity contribution in [3.8, 4) is 21.9 Å². The van der Waals surface area contributed by atoms with Gasteiger partial charge < -0.3 is 14.8 Å². The molecule has 0 aliphatic heterocycles. The van der Waals surface area contributed by atoms with Crippen molar-refractivity contribution in [2.24, 2.45) is 0 Å². The van der Waals surface area contributed by atoms with Gasteiger partial charge in [0.2, 0.25) is 0 Å². The molecule has 1 N–H and O–H groups in total. The summed E-state index contributed by atoms with van der Waals surface area (Å²) in [6.45, 7) is 0. The van der Waals surface area contributed by atoms with Crippen molar-refractivity contribution in [1.82, 2.24) is 4.98 Å². The van der Waals surface area contributed by atoms with Crippen LogP contribution in [0.3, 0.4) is 0 Å². The predicted molar refractivity (Wildman–Crippen MR) is 70.2 cm³/mol. The van der Waals surface area contributed by atoms with Gasteiger partial charge in [-0.2, -0.15) is 0 Å². The zero-order chi connectivity index (χ0) is 12.3. The summed E-state index contributed by atoms with van der Waals surface area (Å²) in [6, 6.07) is 5.79. The van der Waals surface area contributed by atoms with Crippen molar-refractivity contribution in [2.75, 3.05) is 26.6 Å². The summed E-state index contributed by atoms with van der Waals surface area (Å²) >= 11 is 1.59. The van der Waals surface area contributed by atoms with Crippen LogP contribution in [-0.4, -0.2) is 26.3 Å². The predicted octanol–water partition coefficient (Wildman–Crippen LogP) is 2.87. The minimum absolute atomic E-state index is 0.777. The van der Waals surface area contributed by atoms with Crippen LogP contribution in [0.1, 0.15) is 0 Å². The molecule has 0 saturated carbocycles. The Labute approximate surface area is 104 Å². The van der Waals surface area contributed by atoms with E-state index >= 15 is 0 Å². The molecule has 2 rings (SSSR count). The molecule has 0 atom stereocenters. The zero-order valence-corrected chi connectivity index (χ0v) is 10.8. The average Bonchev–Trinajstić information content (AvgIpc) is 2.86.